The molecule has 0 bridgehead atoms. The van der Waals surface area contributed by atoms with Gasteiger partial charge in [-0.25, -0.2) is 9.37 Å². The number of nitrogens with zero attached hydrogens (tertiary/aromatic N) is 1. The van der Waals surface area contributed by atoms with Crippen molar-refractivity contribution in [1.29, 1.82) is 0 Å². The molecule has 0 unspecified atom stereocenters. The number of anilines is 1. The topological polar surface area (TPSA) is 54.0 Å². The van der Waals surface area contributed by atoms with Gasteiger partial charge in [-0.2, -0.15) is 0 Å². The molecule has 0 aliphatic carbocycles. The van der Waals surface area contributed by atoms with Crippen LogP contribution in [0.25, 0.3) is 0 Å². The maximum absolute atomic E-state index is 13.0. The van der Waals surface area contributed by atoms with E-state index < -0.39 is 12.2 Å². The molecular weight excluding hydrogens is 324 g/mol. The molecule has 1 aromatic rings. The standard InChI is InChI=1S/C11H13BrFN3O.ClH/c1-6-2-3-9(12)15-10(6)16-11(17)8-4-7(13)5-14-8;/h2-3,7-8,14H,4-5H2,1H3,(H,15,16,17);1H/t7-,8+;/m1./s1. The lowest BCUT2D eigenvalue weighted by Crippen LogP contribution is -2.35. The zero-order chi connectivity index (χ0) is 12.4. The van der Waals surface area contributed by atoms with Crippen molar-refractivity contribution in [1.82, 2.24) is 10.3 Å². The van der Waals surface area contributed by atoms with Gasteiger partial charge in [0, 0.05) is 13.0 Å². The van der Waals surface area contributed by atoms with Crippen LogP contribution in [0, 0.1) is 6.92 Å². The second-order valence-electron chi connectivity index (χ2n) is 4.08. The highest BCUT2D eigenvalue weighted by molar-refractivity contribution is 9.10. The molecule has 100 valence electrons. The highest BCUT2D eigenvalue weighted by atomic mass is 79.9. The maximum atomic E-state index is 13.0. The van der Waals surface area contributed by atoms with Gasteiger partial charge in [-0.15, -0.1) is 12.4 Å². The summed E-state index contributed by atoms with van der Waals surface area (Å²) in [5.41, 5.74) is 0.872. The number of alkyl halides is 1. The Bertz CT molecular complexity index is 446. The Morgan fingerprint density at radius 2 is 2.33 bits per heavy atom. The highest BCUT2D eigenvalue weighted by Gasteiger charge is 2.29. The SMILES string of the molecule is Cc1ccc(Br)nc1NC(=O)[C@@H]1C[C@@H](F)CN1.Cl. The van der Waals surface area contributed by atoms with Crippen LogP contribution in [0.4, 0.5) is 10.2 Å². The molecule has 2 atom stereocenters. The monoisotopic (exact) mass is 337 g/mol. The summed E-state index contributed by atoms with van der Waals surface area (Å²) in [5, 5.41) is 5.54. The molecular formula is C11H14BrClFN3O. The number of hydrogen-bond donors (Lipinski definition) is 2. The molecule has 1 aliphatic rings. The molecule has 1 aliphatic heterocycles. The Balaban J connectivity index is 0.00000162. The average molecular weight is 339 g/mol. The molecule has 0 aromatic carbocycles. The Morgan fingerprint density at radius 1 is 1.61 bits per heavy atom. The summed E-state index contributed by atoms with van der Waals surface area (Å²) in [4.78, 5) is 16.0. The molecule has 0 radical (unpaired) electrons. The van der Waals surface area contributed by atoms with Gasteiger partial charge in [0.2, 0.25) is 5.91 Å². The molecule has 1 fully saturated rings. The van der Waals surface area contributed by atoms with Gasteiger partial charge in [0.15, 0.2) is 0 Å². The van der Waals surface area contributed by atoms with Gasteiger partial charge in [-0.05, 0) is 34.5 Å². The number of pyridine rings is 1. The minimum Gasteiger partial charge on any atom is -0.309 e. The van der Waals surface area contributed by atoms with E-state index in [1.54, 1.807) is 6.07 Å². The first-order chi connectivity index (χ1) is 8.06. The van der Waals surface area contributed by atoms with Crippen molar-refractivity contribution in [2.24, 2.45) is 0 Å². The van der Waals surface area contributed by atoms with Crippen molar-refractivity contribution < 1.29 is 9.18 Å². The van der Waals surface area contributed by atoms with Crippen LogP contribution in [-0.4, -0.2) is 29.6 Å². The molecule has 2 N–H and O–H groups in total. The van der Waals surface area contributed by atoms with Crippen LogP contribution in [0.5, 0.6) is 0 Å². The summed E-state index contributed by atoms with van der Waals surface area (Å²) in [7, 11) is 0. The Kier molecular flexibility index (Phi) is 5.49. The van der Waals surface area contributed by atoms with Gasteiger partial charge in [0.05, 0.1) is 6.04 Å². The fourth-order valence-electron chi connectivity index (χ4n) is 1.73. The van der Waals surface area contributed by atoms with E-state index in [0.717, 1.165) is 5.56 Å². The molecule has 7 heteroatoms. The van der Waals surface area contributed by atoms with E-state index in [-0.39, 0.29) is 31.3 Å². The average Bonchev–Trinajstić information content (AvgIpc) is 2.70. The molecule has 18 heavy (non-hydrogen) atoms. The largest absolute Gasteiger partial charge is 0.309 e. The van der Waals surface area contributed by atoms with E-state index >= 15 is 0 Å². The van der Waals surface area contributed by atoms with E-state index in [2.05, 4.69) is 31.5 Å². The van der Waals surface area contributed by atoms with E-state index in [4.69, 9.17) is 0 Å². The summed E-state index contributed by atoms with van der Waals surface area (Å²) < 4.78 is 13.6. The van der Waals surface area contributed by atoms with Crippen molar-refractivity contribution in [2.45, 2.75) is 25.6 Å². The van der Waals surface area contributed by atoms with Crippen molar-refractivity contribution >= 4 is 40.1 Å². The molecule has 1 saturated heterocycles. The lowest BCUT2D eigenvalue weighted by molar-refractivity contribution is -0.117. The van der Waals surface area contributed by atoms with Gasteiger partial charge in [0.1, 0.15) is 16.6 Å². The maximum Gasteiger partial charge on any atom is 0.242 e. The van der Waals surface area contributed by atoms with Crippen LogP contribution in [0.2, 0.25) is 0 Å². The van der Waals surface area contributed by atoms with Crippen molar-refractivity contribution in [3.05, 3.63) is 22.3 Å². The number of aromatic nitrogens is 1. The third-order valence-corrected chi connectivity index (χ3v) is 3.14. The molecule has 1 amide bonds. The van der Waals surface area contributed by atoms with Gasteiger partial charge in [-0.3, -0.25) is 4.79 Å². The summed E-state index contributed by atoms with van der Waals surface area (Å²) >= 11 is 3.24. The molecule has 2 heterocycles. The smallest absolute Gasteiger partial charge is 0.242 e. The molecule has 0 spiro atoms. The molecule has 4 nitrogen and oxygen atoms in total. The predicted octanol–water partition coefficient (Wildman–Crippen LogP) is 2.21. The highest BCUT2D eigenvalue weighted by Crippen LogP contribution is 2.17. The summed E-state index contributed by atoms with van der Waals surface area (Å²) in [5.74, 6) is 0.271. The first kappa shape index (κ1) is 15.3. The lowest BCUT2D eigenvalue weighted by atomic mass is 10.2. The number of hydrogen-bond acceptors (Lipinski definition) is 3. The summed E-state index contributed by atoms with van der Waals surface area (Å²) in [6.07, 6.45) is -0.721. The quantitative estimate of drug-likeness (QED) is 0.813. The van der Waals surface area contributed by atoms with Crippen molar-refractivity contribution in [3.8, 4) is 0 Å². The van der Waals surface area contributed by atoms with Crippen molar-refractivity contribution in [3.63, 3.8) is 0 Å². The second-order valence-corrected chi connectivity index (χ2v) is 4.90. The number of carbonyl (C=O) groups excluding carboxylic acids is 1. The number of carbonyl (C=O) groups is 1. The van der Waals surface area contributed by atoms with Gasteiger partial charge in [-0.1, -0.05) is 6.07 Å². The molecule has 1 aromatic heterocycles. The normalized spacial score (nSPS) is 22.4. The number of aryl methyl sites for hydroxylation is 1. The third-order valence-electron chi connectivity index (χ3n) is 2.70. The van der Waals surface area contributed by atoms with Crippen LogP contribution in [-0.2, 0) is 4.79 Å². The number of rotatable bonds is 2. The molecule has 2 rings (SSSR count). The van der Waals surface area contributed by atoms with Crippen LogP contribution in [0.3, 0.4) is 0 Å². The predicted molar refractivity (Wildman–Crippen MR) is 73.9 cm³/mol. The lowest BCUT2D eigenvalue weighted by Gasteiger charge is -2.12. The van der Waals surface area contributed by atoms with E-state index in [1.165, 1.54) is 0 Å². The van der Waals surface area contributed by atoms with Crippen molar-refractivity contribution in [2.75, 3.05) is 11.9 Å². The Hall–Kier alpha value is -0.720. The number of nitrogens with one attached hydrogen (secondary N) is 2. The fourth-order valence-corrected chi connectivity index (χ4v) is 2.04. The fraction of sp³-hybridized carbons (Fsp3) is 0.455. The minimum atomic E-state index is -0.942. The van der Waals surface area contributed by atoms with E-state index in [9.17, 15) is 9.18 Å². The van der Waals surface area contributed by atoms with Gasteiger partial charge < -0.3 is 10.6 Å². The Labute approximate surface area is 119 Å². The van der Waals surface area contributed by atoms with Crippen LogP contribution >= 0.6 is 28.3 Å². The first-order valence-electron chi connectivity index (χ1n) is 5.37. The number of amides is 1. The number of halogens is 3. The van der Waals surface area contributed by atoms with E-state index in [0.29, 0.717) is 10.4 Å². The van der Waals surface area contributed by atoms with Crippen LogP contribution in [0.1, 0.15) is 12.0 Å². The minimum absolute atomic E-state index is 0. The Morgan fingerprint density at radius 3 is 2.94 bits per heavy atom. The third kappa shape index (κ3) is 3.63. The first-order valence-corrected chi connectivity index (χ1v) is 6.17. The van der Waals surface area contributed by atoms with Crippen LogP contribution < -0.4 is 10.6 Å². The zero-order valence-electron chi connectivity index (χ0n) is 9.74. The zero-order valence-corrected chi connectivity index (χ0v) is 12.1. The second kappa shape index (κ2) is 6.45. The molecule has 0 saturated carbocycles. The van der Waals surface area contributed by atoms with E-state index in [1.807, 2.05) is 13.0 Å². The summed E-state index contributed by atoms with van der Waals surface area (Å²) in [6, 6.07) is 3.19. The van der Waals surface area contributed by atoms with Crippen LogP contribution in [0.15, 0.2) is 16.7 Å². The van der Waals surface area contributed by atoms with Gasteiger partial charge in [0.25, 0.3) is 0 Å². The summed E-state index contributed by atoms with van der Waals surface area (Å²) in [6.45, 7) is 2.10. The van der Waals surface area contributed by atoms with Gasteiger partial charge >= 0.3 is 0 Å².